The summed E-state index contributed by atoms with van der Waals surface area (Å²) < 4.78 is 18.1. The molecule has 1 fully saturated rings. The number of allylic oxidation sites excluding steroid dienone is 1. The Bertz CT molecular complexity index is 598. The number of hydrogen-bond acceptors (Lipinski definition) is 4. The van der Waals surface area contributed by atoms with Gasteiger partial charge in [-0.3, -0.25) is 4.79 Å². The number of para-hydroxylation sites is 1. The maximum atomic E-state index is 12.7. The van der Waals surface area contributed by atoms with Gasteiger partial charge in [-0.2, -0.15) is 0 Å². The molecule has 23 heavy (non-hydrogen) atoms. The molecule has 5 heteroatoms. The van der Waals surface area contributed by atoms with Crippen LogP contribution in [-0.2, 0) is 14.3 Å². The highest BCUT2D eigenvalue weighted by atomic mass is 79.9. The van der Waals surface area contributed by atoms with Crippen LogP contribution in [-0.4, -0.2) is 24.6 Å². The van der Waals surface area contributed by atoms with Gasteiger partial charge in [0.1, 0.15) is 18.1 Å². The summed E-state index contributed by atoms with van der Waals surface area (Å²) in [7, 11) is 0. The molecule has 0 bridgehead atoms. The summed E-state index contributed by atoms with van der Waals surface area (Å²) in [5.74, 6) is 0.810. The van der Waals surface area contributed by atoms with Crippen molar-refractivity contribution in [1.29, 1.82) is 0 Å². The van der Waals surface area contributed by atoms with Crippen molar-refractivity contribution in [2.24, 2.45) is 5.92 Å². The van der Waals surface area contributed by atoms with Gasteiger partial charge < -0.3 is 14.2 Å². The molecule has 0 N–H and O–H groups in total. The molecule has 0 saturated heterocycles. The molecule has 3 rings (SSSR count). The molecule has 4 nitrogen and oxygen atoms in total. The van der Waals surface area contributed by atoms with Crippen LogP contribution in [0.15, 0.2) is 40.8 Å². The number of fused-ring (bicyclic) bond motifs is 1. The van der Waals surface area contributed by atoms with Gasteiger partial charge >= 0.3 is 0 Å². The van der Waals surface area contributed by atoms with E-state index >= 15 is 0 Å². The summed E-state index contributed by atoms with van der Waals surface area (Å²) >= 11 is 3.42. The van der Waals surface area contributed by atoms with E-state index in [9.17, 15) is 4.79 Å². The molecule has 3 atom stereocenters. The van der Waals surface area contributed by atoms with Crippen molar-refractivity contribution in [2.75, 3.05) is 6.61 Å². The highest BCUT2D eigenvalue weighted by Gasteiger charge is 2.41. The normalized spacial score (nSPS) is 27.0. The Morgan fingerprint density at radius 2 is 2.13 bits per heavy atom. The third-order valence-electron chi connectivity index (χ3n) is 4.29. The van der Waals surface area contributed by atoms with Crippen LogP contribution in [0.2, 0.25) is 0 Å². The number of hydrogen-bond donors (Lipinski definition) is 0. The summed E-state index contributed by atoms with van der Waals surface area (Å²) in [6.45, 7) is 2.86. The quantitative estimate of drug-likeness (QED) is 0.766. The largest absolute Gasteiger partial charge is 0.493 e. The van der Waals surface area contributed by atoms with Gasteiger partial charge in [-0.15, -0.1) is 0 Å². The molecule has 1 aromatic rings. The molecule has 2 aliphatic rings. The number of carbonyl (C=O) groups is 1. The number of benzene rings is 1. The van der Waals surface area contributed by atoms with Gasteiger partial charge in [0.2, 0.25) is 11.5 Å². The Balaban J connectivity index is 1.67. The fourth-order valence-corrected chi connectivity index (χ4v) is 3.45. The van der Waals surface area contributed by atoms with E-state index in [2.05, 4.69) is 22.9 Å². The highest BCUT2D eigenvalue weighted by molar-refractivity contribution is 9.10. The van der Waals surface area contributed by atoms with Gasteiger partial charge in [0.25, 0.3) is 0 Å². The highest BCUT2D eigenvalue weighted by Crippen LogP contribution is 2.36. The van der Waals surface area contributed by atoms with E-state index in [1.165, 1.54) is 6.26 Å². The summed E-state index contributed by atoms with van der Waals surface area (Å²) in [6.07, 6.45) is 5.04. The van der Waals surface area contributed by atoms with Crippen molar-refractivity contribution in [3.63, 3.8) is 0 Å². The standard InChI is InChI=1S/C18H21BrO4/c1-2-9-21-12-7-8-13-16(10-12)22-11-17(18(13)20)23-15-6-4-3-5-14(15)19/h3-6,11-13,16H,2,7-10H2,1H3. The molecule has 1 aliphatic heterocycles. The summed E-state index contributed by atoms with van der Waals surface area (Å²) in [5, 5.41) is 0. The lowest BCUT2D eigenvalue weighted by Gasteiger charge is -2.37. The van der Waals surface area contributed by atoms with E-state index in [-0.39, 0.29) is 29.7 Å². The number of ether oxygens (including phenoxy) is 3. The SMILES string of the molecule is CCCOC1CCC2C(=O)C(Oc3ccccc3Br)=COC2C1. The lowest BCUT2D eigenvalue weighted by atomic mass is 9.80. The number of ketones is 1. The molecule has 1 saturated carbocycles. The van der Waals surface area contributed by atoms with Gasteiger partial charge in [-0.1, -0.05) is 19.1 Å². The first-order valence-corrected chi connectivity index (χ1v) is 8.92. The lowest BCUT2D eigenvalue weighted by Crippen LogP contribution is -2.42. The van der Waals surface area contributed by atoms with Crippen LogP contribution in [0.5, 0.6) is 5.75 Å². The van der Waals surface area contributed by atoms with Gasteiger partial charge in [-0.05, 0) is 47.3 Å². The van der Waals surface area contributed by atoms with Crippen molar-refractivity contribution in [1.82, 2.24) is 0 Å². The molecular formula is C18H21BrO4. The first-order valence-electron chi connectivity index (χ1n) is 8.13. The molecule has 0 radical (unpaired) electrons. The average molecular weight is 381 g/mol. The molecule has 0 aromatic heterocycles. The third kappa shape index (κ3) is 3.78. The van der Waals surface area contributed by atoms with Crippen molar-refractivity contribution in [3.8, 4) is 5.75 Å². The van der Waals surface area contributed by atoms with E-state index in [1.54, 1.807) is 0 Å². The fraction of sp³-hybridized carbons (Fsp3) is 0.500. The minimum atomic E-state index is -0.126. The van der Waals surface area contributed by atoms with E-state index in [0.29, 0.717) is 5.75 Å². The Morgan fingerprint density at radius 1 is 1.30 bits per heavy atom. The lowest BCUT2D eigenvalue weighted by molar-refractivity contribution is -0.133. The molecule has 1 aliphatic carbocycles. The number of Topliss-reactive ketones (excluding diaryl/α,β-unsaturated/α-hetero) is 1. The maximum Gasteiger partial charge on any atom is 0.208 e. The van der Waals surface area contributed by atoms with Crippen LogP contribution < -0.4 is 4.74 Å². The average Bonchev–Trinajstić information content (AvgIpc) is 2.57. The van der Waals surface area contributed by atoms with Crippen LogP contribution >= 0.6 is 15.9 Å². The smallest absolute Gasteiger partial charge is 0.208 e. The Kier molecular flexibility index (Phi) is 5.38. The van der Waals surface area contributed by atoms with Crippen molar-refractivity contribution in [2.45, 2.75) is 44.8 Å². The van der Waals surface area contributed by atoms with E-state index in [4.69, 9.17) is 14.2 Å². The fourth-order valence-electron chi connectivity index (χ4n) is 3.09. The van der Waals surface area contributed by atoms with Gasteiger partial charge in [-0.25, -0.2) is 0 Å². The van der Waals surface area contributed by atoms with Crippen molar-refractivity contribution < 1.29 is 19.0 Å². The minimum Gasteiger partial charge on any atom is -0.493 e. The zero-order valence-corrected chi connectivity index (χ0v) is 14.8. The molecular weight excluding hydrogens is 360 g/mol. The molecule has 1 heterocycles. The van der Waals surface area contributed by atoms with Gasteiger partial charge in [0.05, 0.1) is 16.5 Å². The molecule has 1 aromatic carbocycles. The number of halogens is 1. The zero-order valence-electron chi connectivity index (χ0n) is 13.2. The molecule has 124 valence electrons. The van der Waals surface area contributed by atoms with E-state index in [1.807, 2.05) is 24.3 Å². The predicted octanol–water partition coefficient (Wildman–Crippen LogP) is 4.23. The second-order valence-corrected chi connectivity index (χ2v) is 6.82. The Labute approximate surface area is 144 Å². The van der Waals surface area contributed by atoms with Crippen LogP contribution in [0.1, 0.15) is 32.6 Å². The topological polar surface area (TPSA) is 44.8 Å². The summed E-state index contributed by atoms with van der Waals surface area (Å²) in [6, 6.07) is 7.47. The van der Waals surface area contributed by atoms with Gasteiger partial charge in [0.15, 0.2) is 0 Å². The van der Waals surface area contributed by atoms with Gasteiger partial charge in [0, 0.05) is 13.0 Å². The van der Waals surface area contributed by atoms with Crippen LogP contribution in [0.4, 0.5) is 0 Å². The van der Waals surface area contributed by atoms with Crippen LogP contribution in [0.3, 0.4) is 0 Å². The Morgan fingerprint density at radius 3 is 2.91 bits per heavy atom. The van der Waals surface area contributed by atoms with E-state index in [0.717, 1.165) is 36.8 Å². The maximum absolute atomic E-state index is 12.7. The first-order chi connectivity index (χ1) is 11.2. The number of rotatable bonds is 5. The van der Waals surface area contributed by atoms with E-state index < -0.39 is 0 Å². The first kappa shape index (κ1) is 16.5. The molecule has 3 unspecified atom stereocenters. The predicted molar refractivity (Wildman–Crippen MR) is 90.1 cm³/mol. The van der Waals surface area contributed by atoms with Crippen LogP contribution in [0.25, 0.3) is 0 Å². The van der Waals surface area contributed by atoms with Crippen LogP contribution in [0, 0.1) is 5.92 Å². The Hall–Kier alpha value is -1.33. The summed E-state index contributed by atoms with van der Waals surface area (Å²) in [4.78, 5) is 12.7. The zero-order chi connectivity index (χ0) is 16.2. The molecule has 0 amide bonds. The second kappa shape index (κ2) is 7.49. The monoisotopic (exact) mass is 380 g/mol. The summed E-state index contributed by atoms with van der Waals surface area (Å²) in [5.41, 5.74) is 0. The molecule has 0 spiro atoms. The second-order valence-electron chi connectivity index (χ2n) is 5.97. The third-order valence-corrected chi connectivity index (χ3v) is 4.94. The number of carbonyl (C=O) groups excluding carboxylic acids is 1. The van der Waals surface area contributed by atoms with Crippen molar-refractivity contribution >= 4 is 21.7 Å². The minimum absolute atomic E-state index is 0.0333. The van der Waals surface area contributed by atoms with Crippen molar-refractivity contribution in [3.05, 3.63) is 40.8 Å².